The van der Waals surface area contributed by atoms with E-state index in [1.165, 1.54) is 10.6 Å². The topological polar surface area (TPSA) is 47.1 Å². The van der Waals surface area contributed by atoms with Crippen LogP contribution < -0.4 is 10.6 Å². The summed E-state index contributed by atoms with van der Waals surface area (Å²) in [5.41, 5.74) is 7.75. The van der Waals surface area contributed by atoms with Crippen molar-refractivity contribution in [1.82, 2.24) is 9.55 Å². The molecule has 0 bridgehead atoms. The molecule has 0 amide bonds. The number of halogens is 2. The minimum atomic E-state index is -0.953. The van der Waals surface area contributed by atoms with Gasteiger partial charge in [-0.2, -0.15) is 0 Å². The number of hydrogen-bond donors (Lipinski definition) is 1. The Morgan fingerprint density at radius 2 is 1.81 bits per heavy atom. The maximum atomic E-state index is 14.2. The average Bonchev–Trinajstić information content (AvgIpc) is 2.80. The molecule has 2 aromatic carbocycles. The van der Waals surface area contributed by atoms with Crippen LogP contribution in [0.3, 0.4) is 0 Å². The highest BCUT2D eigenvalue weighted by atomic mass is 19.2. The van der Waals surface area contributed by atoms with Crippen LogP contribution in [0.25, 0.3) is 16.7 Å². The highest BCUT2D eigenvalue weighted by molar-refractivity contribution is 5.83. The van der Waals surface area contributed by atoms with Gasteiger partial charge in [-0.3, -0.25) is 4.57 Å². The number of imidazole rings is 1. The van der Waals surface area contributed by atoms with Gasteiger partial charge >= 0.3 is 0 Å². The molecule has 1 heterocycles. The van der Waals surface area contributed by atoms with Crippen LogP contribution in [0.1, 0.15) is 0 Å². The van der Waals surface area contributed by atoms with Crippen molar-refractivity contribution in [3.8, 4) is 5.69 Å². The molecular formula is C15H14F2N4. The molecule has 3 rings (SSSR count). The fourth-order valence-corrected chi connectivity index (χ4v) is 2.40. The van der Waals surface area contributed by atoms with Crippen LogP contribution in [0.15, 0.2) is 36.4 Å². The highest BCUT2D eigenvalue weighted by Crippen LogP contribution is 2.31. The number of aromatic nitrogens is 2. The molecule has 3 aromatic rings. The molecule has 0 atom stereocenters. The Bertz CT molecular complexity index is 824. The summed E-state index contributed by atoms with van der Waals surface area (Å²) < 4.78 is 29.2. The van der Waals surface area contributed by atoms with E-state index in [1.807, 2.05) is 37.2 Å². The van der Waals surface area contributed by atoms with Crippen LogP contribution in [0.4, 0.5) is 20.4 Å². The number of hydrogen-bond acceptors (Lipinski definition) is 3. The van der Waals surface area contributed by atoms with Crippen molar-refractivity contribution in [3.63, 3.8) is 0 Å². The van der Waals surface area contributed by atoms with E-state index in [0.29, 0.717) is 11.2 Å². The van der Waals surface area contributed by atoms with Crippen LogP contribution >= 0.6 is 0 Å². The smallest absolute Gasteiger partial charge is 0.206 e. The number of fused-ring (bicyclic) bond motifs is 1. The number of nitrogens with zero attached hydrogens (tertiary/aromatic N) is 3. The van der Waals surface area contributed by atoms with Gasteiger partial charge in [0.25, 0.3) is 0 Å². The molecule has 0 saturated carbocycles. The van der Waals surface area contributed by atoms with E-state index in [2.05, 4.69) is 4.98 Å². The maximum Gasteiger partial charge on any atom is 0.206 e. The van der Waals surface area contributed by atoms with Crippen molar-refractivity contribution >= 4 is 22.7 Å². The van der Waals surface area contributed by atoms with Crippen LogP contribution in [-0.2, 0) is 0 Å². The molecule has 2 N–H and O–H groups in total. The fourth-order valence-electron chi connectivity index (χ4n) is 2.40. The lowest BCUT2D eigenvalue weighted by Crippen LogP contribution is -2.13. The van der Waals surface area contributed by atoms with Gasteiger partial charge in [0.05, 0.1) is 16.9 Å². The third kappa shape index (κ3) is 1.99. The molecule has 0 radical (unpaired) electrons. The molecule has 0 aliphatic carbocycles. The number of nitrogens with two attached hydrogens (primary N) is 1. The largest absolute Gasteiger partial charge is 0.376 e. The van der Waals surface area contributed by atoms with E-state index < -0.39 is 11.6 Å². The fraction of sp³-hybridized carbons (Fsp3) is 0.133. The highest BCUT2D eigenvalue weighted by Gasteiger charge is 2.19. The van der Waals surface area contributed by atoms with Crippen LogP contribution in [-0.4, -0.2) is 23.6 Å². The monoisotopic (exact) mass is 288 g/mol. The van der Waals surface area contributed by atoms with Gasteiger partial charge in [0.1, 0.15) is 5.52 Å². The summed E-state index contributed by atoms with van der Waals surface area (Å²) in [5.74, 6) is -1.76. The predicted molar refractivity (Wildman–Crippen MR) is 79.7 cm³/mol. The van der Waals surface area contributed by atoms with E-state index >= 15 is 0 Å². The number of benzene rings is 2. The molecule has 0 spiro atoms. The van der Waals surface area contributed by atoms with Crippen molar-refractivity contribution in [1.29, 1.82) is 0 Å². The van der Waals surface area contributed by atoms with Crippen LogP contribution in [0.2, 0.25) is 0 Å². The molecule has 0 aliphatic heterocycles. The molecule has 0 saturated heterocycles. The van der Waals surface area contributed by atoms with Gasteiger partial charge in [-0.1, -0.05) is 12.1 Å². The second-order valence-corrected chi connectivity index (χ2v) is 4.92. The first kappa shape index (κ1) is 13.4. The Kier molecular flexibility index (Phi) is 3.01. The summed E-state index contributed by atoms with van der Waals surface area (Å²) in [6, 6.07) is 9.80. The van der Waals surface area contributed by atoms with E-state index in [1.54, 1.807) is 6.07 Å². The molecule has 0 fully saturated rings. The SMILES string of the molecule is CN(C)c1ccccc1-n1c(N)nc2ccc(F)c(F)c21. The maximum absolute atomic E-state index is 14.2. The summed E-state index contributed by atoms with van der Waals surface area (Å²) in [6.45, 7) is 0. The van der Waals surface area contributed by atoms with Crippen LogP contribution in [0, 0.1) is 11.6 Å². The second-order valence-electron chi connectivity index (χ2n) is 4.92. The lowest BCUT2D eigenvalue weighted by atomic mass is 10.2. The first-order valence-corrected chi connectivity index (χ1v) is 6.39. The van der Waals surface area contributed by atoms with Gasteiger partial charge in [0, 0.05) is 14.1 Å². The third-order valence-electron chi connectivity index (χ3n) is 3.34. The van der Waals surface area contributed by atoms with Crippen molar-refractivity contribution in [2.45, 2.75) is 0 Å². The predicted octanol–water partition coefficient (Wildman–Crippen LogP) is 2.95. The number of anilines is 2. The number of nitrogen functional groups attached to an aromatic ring is 1. The summed E-state index contributed by atoms with van der Waals surface area (Å²) in [7, 11) is 3.73. The average molecular weight is 288 g/mol. The minimum absolute atomic E-state index is 0.0433. The van der Waals surface area contributed by atoms with Crippen molar-refractivity contribution in [3.05, 3.63) is 48.0 Å². The van der Waals surface area contributed by atoms with E-state index in [9.17, 15) is 8.78 Å². The molecule has 1 aromatic heterocycles. The Labute approximate surface area is 120 Å². The summed E-state index contributed by atoms with van der Waals surface area (Å²) in [4.78, 5) is 5.98. The minimum Gasteiger partial charge on any atom is -0.376 e. The molecule has 21 heavy (non-hydrogen) atoms. The molecule has 6 heteroatoms. The Morgan fingerprint density at radius 1 is 1.10 bits per heavy atom. The quantitative estimate of drug-likeness (QED) is 0.788. The number of para-hydroxylation sites is 2. The summed E-state index contributed by atoms with van der Waals surface area (Å²) in [6.07, 6.45) is 0. The van der Waals surface area contributed by atoms with Crippen molar-refractivity contribution in [2.75, 3.05) is 24.7 Å². The Balaban J connectivity index is 2.41. The van der Waals surface area contributed by atoms with E-state index in [4.69, 9.17) is 5.73 Å². The lowest BCUT2D eigenvalue weighted by molar-refractivity contribution is 0.514. The molecule has 0 unspecified atom stereocenters. The first-order chi connectivity index (χ1) is 10.0. The van der Waals surface area contributed by atoms with Gasteiger partial charge in [-0.15, -0.1) is 0 Å². The Hall–Kier alpha value is -2.63. The van der Waals surface area contributed by atoms with Crippen LogP contribution in [0.5, 0.6) is 0 Å². The normalized spacial score (nSPS) is 11.0. The zero-order chi connectivity index (χ0) is 15.1. The van der Waals surface area contributed by atoms with Gasteiger partial charge in [0.2, 0.25) is 5.95 Å². The van der Waals surface area contributed by atoms with Gasteiger partial charge in [-0.05, 0) is 24.3 Å². The van der Waals surface area contributed by atoms with Gasteiger partial charge in [-0.25, -0.2) is 13.8 Å². The summed E-state index contributed by atoms with van der Waals surface area (Å²) >= 11 is 0. The van der Waals surface area contributed by atoms with Gasteiger partial charge < -0.3 is 10.6 Å². The van der Waals surface area contributed by atoms with E-state index in [0.717, 1.165) is 11.8 Å². The standard InChI is InChI=1S/C15H14F2N4/c1-20(2)11-5-3-4-6-12(11)21-14-10(19-15(21)18)8-7-9(16)13(14)17/h3-8H,1-2H3,(H2,18,19). The first-order valence-electron chi connectivity index (χ1n) is 6.39. The van der Waals surface area contributed by atoms with Crippen molar-refractivity contribution < 1.29 is 8.78 Å². The van der Waals surface area contributed by atoms with Crippen molar-refractivity contribution in [2.24, 2.45) is 0 Å². The molecule has 4 nitrogen and oxygen atoms in total. The molecular weight excluding hydrogens is 274 g/mol. The second kappa shape index (κ2) is 4.73. The zero-order valence-electron chi connectivity index (χ0n) is 11.6. The number of rotatable bonds is 2. The van der Waals surface area contributed by atoms with E-state index in [-0.39, 0.29) is 11.5 Å². The van der Waals surface area contributed by atoms with Gasteiger partial charge in [0.15, 0.2) is 11.6 Å². The molecule has 108 valence electrons. The molecule has 0 aliphatic rings. The third-order valence-corrected chi connectivity index (χ3v) is 3.34. The zero-order valence-corrected chi connectivity index (χ0v) is 11.6. The summed E-state index contributed by atoms with van der Waals surface area (Å²) in [5, 5.41) is 0. The lowest BCUT2D eigenvalue weighted by Gasteiger charge is -2.18. The Morgan fingerprint density at radius 3 is 2.52 bits per heavy atom.